The highest BCUT2D eigenvalue weighted by Gasteiger charge is 2.36. The van der Waals surface area contributed by atoms with Crippen molar-refractivity contribution in [1.82, 2.24) is 14.8 Å². The van der Waals surface area contributed by atoms with Crippen LogP contribution in [0.4, 0.5) is 0 Å². The van der Waals surface area contributed by atoms with E-state index in [1.54, 1.807) is 4.90 Å². The summed E-state index contributed by atoms with van der Waals surface area (Å²) in [6.45, 7) is 5.95. The summed E-state index contributed by atoms with van der Waals surface area (Å²) < 4.78 is 0. The molecule has 1 fully saturated rings. The lowest BCUT2D eigenvalue weighted by molar-refractivity contribution is -0.134. The molecule has 1 unspecified atom stereocenters. The minimum atomic E-state index is -0.325. The molecule has 2 amide bonds. The van der Waals surface area contributed by atoms with Gasteiger partial charge in [0.15, 0.2) is 0 Å². The predicted molar refractivity (Wildman–Crippen MR) is 90.3 cm³/mol. The first-order chi connectivity index (χ1) is 11.2. The van der Waals surface area contributed by atoms with Gasteiger partial charge in [-0.05, 0) is 38.8 Å². The molecule has 1 aliphatic rings. The van der Waals surface area contributed by atoms with Gasteiger partial charge < -0.3 is 14.8 Å². The summed E-state index contributed by atoms with van der Waals surface area (Å²) in [5.41, 5.74) is 1.51. The summed E-state index contributed by atoms with van der Waals surface area (Å²) in [5, 5.41) is 1.02. The summed E-state index contributed by atoms with van der Waals surface area (Å²) in [7, 11) is 0. The van der Waals surface area contributed by atoms with Gasteiger partial charge in [-0.15, -0.1) is 0 Å². The number of rotatable bonds is 4. The van der Waals surface area contributed by atoms with Gasteiger partial charge in [0.05, 0.1) is 0 Å². The number of fused-ring (bicyclic) bond motifs is 1. The highest BCUT2D eigenvalue weighted by molar-refractivity contribution is 6.00. The molecule has 5 nitrogen and oxygen atoms in total. The SMILES string of the molecule is CCN(CC)C(=O)C1CCCN1C(=O)c1cc2ccccc2[nH]1. The number of hydrogen-bond acceptors (Lipinski definition) is 2. The second-order valence-corrected chi connectivity index (χ2v) is 5.94. The van der Waals surface area contributed by atoms with Gasteiger partial charge in [0.25, 0.3) is 5.91 Å². The Kier molecular flexibility index (Phi) is 4.37. The number of aromatic amines is 1. The molecule has 1 aliphatic heterocycles. The zero-order valence-electron chi connectivity index (χ0n) is 13.7. The Morgan fingerprint density at radius 2 is 2.00 bits per heavy atom. The molecule has 1 saturated heterocycles. The summed E-state index contributed by atoms with van der Waals surface area (Å²) >= 11 is 0. The van der Waals surface area contributed by atoms with Crippen LogP contribution in [0.5, 0.6) is 0 Å². The zero-order chi connectivity index (χ0) is 16.4. The highest BCUT2D eigenvalue weighted by atomic mass is 16.2. The van der Waals surface area contributed by atoms with Crippen LogP contribution in [0.1, 0.15) is 37.2 Å². The number of likely N-dealkylation sites (N-methyl/N-ethyl adjacent to an activating group) is 1. The Bertz CT molecular complexity index is 685. The molecule has 1 atom stereocenters. The van der Waals surface area contributed by atoms with E-state index in [2.05, 4.69) is 4.98 Å². The molecule has 23 heavy (non-hydrogen) atoms. The van der Waals surface area contributed by atoms with E-state index in [1.807, 2.05) is 49.1 Å². The number of benzene rings is 1. The van der Waals surface area contributed by atoms with Gasteiger partial charge in [-0.2, -0.15) is 0 Å². The van der Waals surface area contributed by atoms with E-state index in [4.69, 9.17) is 0 Å². The van der Waals surface area contributed by atoms with Gasteiger partial charge in [-0.3, -0.25) is 9.59 Å². The first kappa shape index (κ1) is 15.6. The normalized spacial score (nSPS) is 17.7. The van der Waals surface area contributed by atoms with Crippen molar-refractivity contribution in [3.05, 3.63) is 36.0 Å². The third kappa shape index (κ3) is 2.83. The predicted octanol–water partition coefficient (Wildman–Crippen LogP) is 2.64. The van der Waals surface area contributed by atoms with Crippen molar-refractivity contribution in [2.24, 2.45) is 0 Å². The number of likely N-dealkylation sites (tertiary alicyclic amines) is 1. The van der Waals surface area contributed by atoms with E-state index in [9.17, 15) is 9.59 Å². The first-order valence-electron chi connectivity index (χ1n) is 8.33. The van der Waals surface area contributed by atoms with Gasteiger partial charge in [0.1, 0.15) is 11.7 Å². The van der Waals surface area contributed by atoms with Gasteiger partial charge in [-0.25, -0.2) is 0 Å². The van der Waals surface area contributed by atoms with E-state index < -0.39 is 0 Å². The number of carbonyl (C=O) groups is 2. The average Bonchev–Trinajstić information content (AvgIpc) is 3.21. The second kappa shape index (κ2) is 6.44. The lowest BCUT2D eigenvalue weighted by atomic mass is 10.2. The fourth-order valence-corrected chi connectivity index (χ4v) is 3.36. The smallest absolute Gasteiger partial charge is 0.270 e. The number of H-pyrrole nitrogens is 1. The Morgan fingerprint density at radius 3 is 2.70 bits per heavy atom. The number of amides is 2. The van der Waals surface area contributed by atoms with E-state index in [1.165, 1.54) is 0 Å². The molecule has 0 bridgehead atoms. The van der Waals surface area contributed by atoms with Crippen molar-refractivity contribution < 1.29 is 9.59 Å². The minimum absolute atomic E-state index is 0.0666. The molecule has 0 saturated carbocycles. The summed E-state index contributed by atoms with van der Waals surface area (Å²) in [6, 6.07) is 9.37. The highest BCUT2D eigenvalue weighted by Crippen LogP contribution is 2.23. The van der Waals surface area contributed by atoms with Crippen molar-refractivity contribution in [3.8, 4) is 0 Å². The lowest BCUT2D eigenvalue weighted by Crippen LogP contribution is -2.47. The van der Waals surface area contributed by atoms with E-state index in [-0.39, 0.29) is 17.9 Å². The molecule has 0 radical (unpaired) electrons. The molecular weight excluding hydrogens is 290 g/mol. The van der Waals surface area contributed by atoms with E-state index in [0.29, 0.717) is 25.3 Å². The molecule has 5 heteroatoms. The molecule has 2 aromatic rings. The Morgan fingerprint density at radius 1 is 1.26 bits per heavy atom. The Balaban J connectivity index is 1.84. The van der Waals surface area contributed by atoms with Crippen molar-refractivity contribution in [2.75, 3.05) is 19.6 Å². The average molecular weight is 313 g/mol. The van der Waals surface area contributed by atoms with Crippen LogP contribution in [0.3, 0.4) is 0 Å². The van der Waals surface area contributed by atoms with Crippen LogP contribution in [-0.4, -0.2) is 52.3 Å². The molecule has 1 aromatic heterocycles. The number of nitrogens with one attached hydrogen (secondary N) is 1. The number of aromatic nitrogens is 1. The summed E-state index contributed by atoms with van der Waals surface area (Å²) in [5.74, 6) is -0.0128. The fraction of sp³-hybridized carbons (Fsp3) is 0.444. The van der Waals surface area contributed by atoms with E-state index in [0.717, 1.165) is 23.7 Å². The van der Waals surface area contributed by atoms with Crippen LogP contribution in [0.15, 0.2) is 30.3 Å². The van der Waals surface area contributed by atoms with Crippen LogP contribution in [0.2, 0.25) is 0 Å². The standard InChI is InChI=1S/C18H23N3O2/c1-3-20(4-2)18(23)16-10-7-11-21(16)17(22)15-12-13-8-5-6-9-14(13)19-15/h5-6,8-9,12,16,19H,3-4,7,10-11H2,1-2H3. The van der Waals surface area contributed by atoms with Crippen molar-refractivity contribution >= 4 is 22.7 Å². The van der Waals surface area contributed by atoms with Gasteiger partial charge >= 0.3 is 0 Å². The molecule has 1 aromatic carbocycles. The quantitative estimate of drug-likeness (QED) is 0.943. The third-order valence-electron chi connectivity index (χ3n) is 4.63. The van der Waals surface area contributed by atoms with Crippen LogP contribution >= 0.6 is 0 Å². The van der Waals surface area contributed by atoms with Crippen molar-refractivity contribution in [1.29, 1.82) is 0 Å². The summed E-state index contributed by atoms with van der Waals surface area (Å²) in [6.07, 6.45) is 1.63. The fourth-order valence-electron chi connectivity index (χ4n) is 3.36. The third-order valence-corrected chi connectivity index (χ3v) is 4.63. The number of nitrogens with zero attached hydrogens (tertiary/aromatic N) is 2. The molecule has 2 heterocycles. The Hall–Kier alpha value is -2.30. The van der Waals surface area contributed by atoms with Crippen molar-refractivity contribution in [2.45, 2.75) is 32.7 Å². The Labute approximate surface area is 136 Å². The van der Waals surface area contributed by atoms with Crippen LogP contribution < -0.4 is 0 Å². The minimum Gasteiger partial charge on any atom is -0.351 e. The van der Waals surface area contributed by atoms with E-state index >= 15 is 0 Å². The molecular formula is C18H23N3O2. The number of hydrogen-bond donors (Lipinski definition) is 1. The van der Waals surface area contributed by atoms with Gasteiger partial charge in [0.2, 0.25) is 5.91 Å². The summed E-state index contributed by atoms with van der Waals surface area (Å²) in [4.78, 5) is 32.2. The second-order valence-electron chi connectivity index (χ2n) is 5.94. The maximum Gasteiger partial charge on any atom is 0.270 e. The van der Waals surface area contributed by atoms with Crippen LogP contribution in [0.25, 0.3) is 10.9 Å². The maximum absolute atomic E-state index is 12.9. The molecule has 0 spiro atoms. The van der Waals surface area contributed by atoms with Gasteiger partial charge in [-0.1, -0.05) is 18.2 Å². The zero-order valence-corrected chi connectivity index (χ0v) is 13.7. The maximum atomic E-state index is 12.9. The first-order valence-corrected chi connectivity index (χ1v) is 8.33. The molecule has 0 aliphatic carbocycles. The van der Waals surface area contributed by atoms with Crippen LogP contribution in [0, 0.1) is 0 Å². The van der Waals surface area contributed by atoms with Crippen molar-refractivity contribution in [3.63, 3.8) is 0 Å². The number of carbonyl (C=O) groups excluding carboxylic acids is 2. The van der Waals surface area contributed by atoms with Crippen LogP contribution in [-0.2, 0) is 4.79 Å². The molecule has 122 valence electrons. The monoisotopic (exact) mass is 313 g/mol. The molecule has 3 rings (SSSR count). The molecule has 1 N–H and O–H groups in total. The number of para-hydroxylation sites is 1. The largest absolute Gasteiger partial charge is 0.351 e. The topological polar surface area (TPSA) is 56.4 Å². The lowest BCUT2D eigenvalue weighted by Gasteiger charge is -2.28. The van der Waals surface area contributed by atoms with Gasteiger partial charge in [0, 0.05) is 30.5 Å².